The first-order valence-electron chi connectivity index (χ1n) is 7.09. The van der Waals surface area contributed by atoms with Crippen molar-refractivity contribution in [3.8, 4) is 0 Å². The Morgan fingerprint density at radius 3 is 2.11 bits per heavy atom. The standard InChI is InChI=1S/C13H24N2O3S/c1-19(17,18)15-9-7-14(8-10-15)11-13(12-16)5-3-2-4-6-13/h12H,2-11H2,1H3. The number of piperazine rings is 1. The van der Waals surface area contributed by atoms with Crippen LogP contribution in [0.15, 0.2) is 0 Å². The molecule has 0 spiro atoms. The SMILES string of the molecule is CS(=O)(=O)N1CCN(CC2(C=O)CCCCC2)CC1. The van der Waals surface area contributed by atoms with E-state index < -0.39 is 10.0 Å². The van der Waals surface area contributed by atoms with Crippen LogP contribution in [0.4, 0.5) is 0 Å². The van der Waals surface area contributed by atoms with Gasteiger partial charge in [-0.1, -0.05) is 19.3 Å². The highest BCUT2D eigenvalue weighted by atomic mass is 32.2. The molecule has 0 bridgehead atoms. The largest absolute Gasteiger partial charge is 0.303 e. The maximum atomic E-state index is 11.5. The summed E-state index contributed by atoms with van der Waals surface area (Å²) in [5, 5.41) is 0. The molecule has 0 aromatic heterocycles. The smallest absolute Gasteiger partial charge is 0.211 e. The average molecular weight is 288 g/mol. The first-order valence-corrected chi connectivity index (χ1v) is 8.94. The number of sulfonamides is 1. The van der Waals surface area contributed by atoms with Crippen molar-refractivity contribution in [1.29, 1.82) is 0 Å². The number of nitrogens with zero attached hydrogens (tertiary/aromatic N) is 2. The van der Waals surface area contributed by atoms with Gasteiger partial charge in [0.25, 0.3) is 0 Å². The third kappa shape index (κ3) is 3.77. The maximum Gasteiger partial charge on any atom is 0.211 e. The Labute approximate surface area is 116 Å². The lowest BCUT2D eigenvalue weighted by molar-refractivity contribution is -0.119. The number of carbonyl (C=O) groups excluding carboxylic acids is 1. The van der Waals surface area contributed by atoms with E-state index in [0.717, 1.165) is 51.6 Å². The molecular formula is C13H24N2O3S. The first-order chi connectivity index (χ1) is 8.95. The van der Waals surface area contributed by atoms with E-state index in [1.807, 2.05) is 0 Å². The highest BCUT2D eigenvalue weighted by Gasteiger charge is 2.35. The average Bonchev–Trinajstić information content (AvgIpc) is 2.39. The summed E-state index contributed by atoms with van der Waals surface area (Å²) in [7, 11) is -3.07. The molecule has 0 N–H and O–H groups in total. The van der Waals surface area contributed by atoms with E-state index in [4.69, 9.17) is 0 Å². The molecular weight excluding hydrogens is 264 g/mol. The van der Waals surface area contributed by atoms with Gasteiger partial charge in [0.2, 0.25) is 10.0 Å². The predicted molar refractivity (Wildman–Crippen MR) is 74.4 cm³/mol. The molecule has 0 radical (unpaired) electrons. The molecule has 0 aromatic carbocycles. The minimum absolute atomic E-state index is 0.175. The number of hydrogen-bond acceptors (Lipinski definition) is 4. The van der Waals surface area contributed by atoms with Crippen molar-refractivity contribution in [2.45, 2.75) is 32.1 Å². The van der Waals surface area contributed by atoms with Gasteiger partial charge in [0.1, 0.15) is 6.29 Å². The summed E-state index contributed by atoms with van der Waals surface area (Å²) < 4.78 is 24.4. The number of aldehydes is 1. The van der Waals surface area contributed by atoms with Crippen LogP contribution in [-0.2, 0) is 14.8 Å². The second-order valence-corrected chi connectivity index (χ2v) is 7.96. The van der Waals surface area contributed by atoms with Crippen LogP contribution in [0.25, 0.3) is 0 Å². The molecule has 0 aromatic rings. The van der Waals surface area contributed by atoms with E-state index in [0.29, 0.717) is 13.1 Å². The molecule has 0 amide bonds. The van der Waals surface area contributed by atoms with Crippen LogP contribution in [0, 0.1) is 5.41 Å². The summed E-state index contributed by atoms with van der Waals surface area (Å²) >= 11 is 0. The number of carbonyl (C=O) groups is 1. The van der Waals surface area contributed by atoms with Gasteiger partial charge in [-0.25, -0.2) is 8.42 Å². The lowest BCUT2D eigenvalue weighted by Crippen LogP contribution is -2.51. The highest BCUT2D eigenvalue weighted by molar-refractivity contribution is 7.88. The maximum absolute atomic E-state index is 11.5. The van der Waals surface area contributed by atoms with Gasteiger partial charge in [0.15, 0.2) is 0 Å². The van der Waals surface area contributed by atoms with Crippen LogP contribution in [0.5, 0.6) is 0 Å². The Balaban J connectivity index is 1.89. The monoisotopic (exact) mass is 288 g/mol. The molecule has 1 heterocycles. The summed E-state index contributed by atoms with van der Waals surface area (Å²) in [6, 6.07) is 0. The molecule has 1 saturated heterocycles. The molecule has 5 nitrogen and oxygen atoms in total. The summed E-state index contributed by atoms with van der Waals surface area (Å²) in [6.07, 6.45) is 7.90. The summed E-state index contributed by atoms with van der Waals surface area (Å²) in [4.78, 5) is 13.7. The van der Waals surface area contributed by atoms with Gasteiger partial charge >= 0.3 is 0 Å². The van der Waals surface area contributed by atoms with Crippen molar-refractivity contribution in [3.63, 3.8) is 0 Å². The first kappa shape index (κ1) is 14.9. The van der Waals surface area contributed by atoms with E-state index in [1.165, 1.54) is 17.0 Å². The zero-order valence-electron chi connectivity index (χ0n) is 11.7. The van der Waals surface area contributed by atoms with Crippen molar-refractivity contribution >= 4 is 16.3 Å². The third-order valence-electron chi connectivity index (χ3n) is 4.44. The highest BCUT2D eigenvalue weighted by Crippen LogP contribution is 2.35. The minimum atomic E-state index is -3.07. The number of hydrogen-bond donors (Lipinski definition) is 0. The van der Waals surface area contributed by atoms with Gasteiger partial charge in [-0.3, -0.25) is 4.90 Å². The van der Waals surface area contributed by atoms with Gasteiger partial charge in [-0.15, -0.1) is 0 Å². The quantitative estimate of drug-likeness (QED) is 0.715. The number of rotatable bonds is 4. The van der Waals surface area contributed by atoms with E-state index in [1.54, 1.807) is 0 Å². The van der Waals surface area contributed by atoms with Crippen LogP contribution < -0.4 is 0 Å². The topological polar surface area (TPSA) is 57.7 Å². The van der Waals surface area contributed by atoms with E-state index in [9.17, 15) is 13.2 Å². The zero-order valence-corrected chi connectivity index (χ0v) is 12.5. The third-order valence-corrected chi connectivity index (χ3v) is 5.74. The Hall–Kier alpha value is -0.460. The molecule has 2 rings (SSSR count). The van der Waals surface area contributed by atoms with Gasteiger partial charge in [0, 0.05) is 38.1 Å². The molecule has 0 unspecified atom stereocenters. The zero-order chi connectivity index (χ0) is 13.9. The fourth-order valence-electron chi connectivity index (χ4n) is 3.23. The van der Waals surface area contributed by atoms with Crippen LogP contribution in [0.3, 0.4) is 0 Å². The molecule has 0 atom stereocenters. The van der Waals surface area contributed by atoms with Crippen LogP contribution in [-0.4, -0.2) is 62.9 Å². The lowest BCUT2D eigenvalue weighted by atomic mass is 9.75. The van der Waals surface area contributed by atoms with Crippen LogP contribution >= 0.6 is 0 Å². The molecule has 1 aliphatic heterocycles. The molecule has 2 fully saturated rings. The summed E-state index contributed by atoms with van der Waals surface area (Å²) in [5.41, 5.74) is -0.175. The second-order valence-electron chi connectivity index (χ2n) is 5.98. The molecule has 2 aliphatic rings. The van der Waals surface area contributed by atoms with Crippen LogP contribution in [0.1, 0.15) is 32.1 Å². The van der Waals surface area contributed by atoms with Crippen molar-refractivity contribution in [2.24, 2.45) is 5.41 Å². The molecule has 6 heteroatoms. The minimum Gasteiger partial charge on any atom is -0.303 e. The van der Waals surface area contributed by atoms with Crippen molar-refractivity contribution in [2.75, 3.05) is 39.0 Å². The normalized spacial score (nSPS) is 26.2. The lowest BCUT2D eigenvalue weighted by Gasteiger charge is -2.40. The van der Waals surface area contributed by atoms with Crippen molar-refractivity contribution < 1.29 is 13.2 Å². The Morgan fingerprint density at radius 2 is 1.63 bits per heavy atom. The van der Waals surface area contributed by atoms with Gasteiger partial charge in [0.05, 0.1) is 6.26 Å². The summed E-state index contributed by atoms with van der Waals surface area (Å²) in [6.45, 7) is 3.38. The van der Waals surface area contributed by atoms with Gasteiger partial charge < -0.3 is 4.79 Å². The van der Waals surface area contributed by atoms with E-state index in [2.05, 4.69) is 4.90 Å². The fraction of sp³-hybridized carbons (Fsp3) is 0.923. The Bertz CT molecular complexity index is 408. The Morgan fingerprint density at radius 1 is 1.05 bits per heavy atom. The predicted octanol–water partition coefficient (Wildman–Crippen LogP) is 0.713. The Kier molecular flexibility index (Phi) is 4.63. The molecule has 110 valence electrons. The van der Waals surface area contributed by atoms with Crippen LogP contribution in [0.2, 0.25) is 0 Å². The summed E-state index contributed by atoms with van der Waals surface area (Å²) in [5.74, 6) is 0. The van der Waals surface area contributed by atoms with Crippen molar-refractivity contribution in [3.05, 3.63) is 0 Å². The second kappa shape index (κ2) is 5.89. The van der Waals surface area contributed by atoms with E-state index >= 15 is 0 Å². The molecule has 19 heavy (non-hydrogen) atoms. The van der Waals surface area contributed by atoms with Crippen molar-refractivity contribution in [1.82, 2.24) is 9.21 Å². The van der Waals surface area contributed by atoms with Gasteiger partial charge in [-0.05, 0) is 12.8 Å². The van der Waals surface area contributed by atoms with Gasteiger partial charge in [-0.2, -0.15) is 4.31 Å². The molecule has 1 aliphatic carbocycles. The fourth-order valence-corrected chi connectivity index (χ4v) is 4.06. The van der Waals surface area contributed by atoms with E-state index in [-0.39, 0.29) is 5.41 Å². The molecule has 1 saturated carbocycles.